The van der Waals surface area contributed by atoms with Crippen LogP contribution >= 0.6 is 12.4 Å². The Bertz CT molecular complexity index is 450. The molecule has 1 heterocycles. The molecule has 1 saturated heterocycles. The summed E-state index contributed by atoms with van der Waals surface area (Å²) in [5.41, 5.74) is 0. The van der Waals surface area contributed by atoms with Gasteiger partial charge in [0.05, 0.1) is 6.61 Å². The van der Waals surface area contributed by atoms with E-state index in [1.54, 1.807) is 17.0 Å². The van der Waals surface area contributed by atoms with Crippen molar-refractivity contribution in [1.82, 2.24) is 10.2 Å². The number of halogens is 2. The highest BCUT2D eigenvalue weighted by Crippen LogP contribution is 2.12. The summed E-state index contributed by atoms with van der Waals surface area (Å²) in [6, 6.07) is 6.31. The highest BCUT2D eigenvalue weighted by molar-refractivity contribution is 5.85. The summed E-state index contributed by atoms with van der Waals surface area (Å²) >= 11 is 0. The van der Waals surface area contributed by atoms with Crippen LogP contribution in [-0.2, 0) is 4.79 Å². The highest BCUT2D eigenvalue weighted by atomic mass is 35.5. The van der Waals surface area contributed by atoms with Crippen LogP contribution in [0.4, 0.5) is 4.39 Å². The molecule has 1 N–H and O–H groups in total. The SMILES string of the molecule is CN(CCCOc1ccc(F)cc1)C(=O)CC1CCCN1.Cl. The molecule has 0 spiro atoms. The third-order valence-corrected chi connectivity index (χ3v) is 3.73. The lowest BCUT2D eigenvalue weighted by Gasteiger charge is -2.19. The second-order valence-electron chi connectivity index (χ2n) is 5.47. The third kappa shape index (κ3) is 6.20. The van der Waals surface area contributed by atoms with Crippen LogP contribution in [-0.4, -0.2) is 43.6 Å². The van der Waals surface area contributed by atoms with Crippen LogP contribution in [0.25, 0.3) is 0 Å². The third-order valence-electron chi connectivity index (χ3n) is 3.73. The molecule has 0 radical (unpaired) electrons. The molecule has 0 aromatic heterocycles. The van der Waals surface area contributed by atoms with Gasteiger partial charge in [-0.25, -0.2) is 4.39 Å². The van der Waals surface area contributed by atoms with Gasteiger partial charge in [-0.15, -0.1) is 12.4 Å². The molecule has 0 saturated carbocycles. The first kappa shape index (κ1) is 18.7. The maximum absolute atomic E-state index is 12.7. The molecule has 0 aliphatic carbocycles. The first-order chi connectivity index (χ1) is 10.1. The molecule has 1 aromatic carbocycles. The average Bonchev–Trinajstić information content (AvgIpc) is 2.98. The number of ether oxygens (including phenoxy) is 1. The number of nitrogens with one attached hydrogen (secondary N) is 1. The van der Waals surface area contributed by atoms with E-state index in [2.05, 4.69) is 5.32 Å². The van der Waals surface area contributed by atoms with Crippen LogP contribution in [0.1, 0.15) is 25.7 Å². The van der Waals surface area contributed by atoms with Gasteiger partial charge in [-0.1, -0.05) is 0 Å². The van der Waals surface area contributed by atoms with E-state index >= 15 is 0 Å². The monoisotopic (exact) mass is 330 g/mol. The number of carbonyl (C=O) groups excluding carboxylic acids is 1. The maximum Gasteiger partial charge on any atom is 0.223 e. The summed E-state index contributed by atoms with van der Waals surface area (Å²) in [5.74, 6) is 0.560. The number of rotatable bonds is 7. The molecule has 1 fully saturated rings. The van der Waals surface area contributed by atoms with Crippen molar-refractivity contribution in [2.75, 3.05) is 26.7 Å². The normalized spacial score (nSPS) is 16.9. The Balaban J connectivity index is 0.00000242. The highest BCUT2D eigenvalue weighted by Gasteiger charge is 2.19. The molecular weight excluding hydrogens is 307 g/mol. The van der Waals surface area contributed by atoms with Crippen molar-refractivity contribution in [1.29, 1.82) is 0 Å². The molecule has 124 valence electrons. The molecule has 1 amide bonds. The van der Waals surface area contributed by atoms with Crippen molar-refractivity contribution in [2.45, 2.75) is 31.7 Å². The summed E-state index contributed by atoms with van der Waals surface area (Å²) in [7, 11) is 1.83. The Labute approximate surface area is 137 Å². The molecule has 1 aliphatic rings. The van der Waals surface area contributed by atoms with Gasteiger partial charge in [-0.2, -0.15) is 0 Å². The number of hydrogen-bond acceptors (Lipinski definition) is 3. The number of hydrogen-bond donors (Lipinski definition) is 1. The first-order valence-corrected chi connectivity index (χ1v) is 7.51. The van der Waals surface area contributed by atoms with Gasteiger partial charge in [0.25, 0.3) is 0 Å². The molecule has 2 rings (SSSR count). The molecule has 0 bridgehead atoms. The Kier molecular flexibility index (Phi) is 8.20. The van der Waals surface area contributed by atoms with E-state index in [0.717, 1.165) is 25.8 Å². The predicted octanol–water partition coefficient (Wildman–Crippen LogP) is 2.62. The molecule has 1 atom stereocenters. The number of carbonyl (C=O) groups is 1. The number of amides is 1. The predicted molar refractivity (Wildman–Crippen MR) is 87.0 cm³/mol. The summed E-state index contributed by atoms with van der Waals surface area (Å²) in [4.78, 5) is 13.8. The van der Waals surface area contributed by atoms with Crippen molar-refractivity contribution >= 4 is 18.3 Å². The van der Waals surface area contributed by atoms with Crippen LogP contribution in [0, 0.1) is 5.82 Å². The van der Waals surface area contributed by atoms with E-state index in [-0.39, 0.29) is 24.1 Å². The van der Waals surface area contributed by atoms with Crippen LogP contribution < -0.4 is 10.1 Å². The lowest BCUT2D eigenvalue weighted by Crippen LogP contribution is -2.34. The largest absolute Gasteiger partial charge is 0.494 e. The van der Waals surface area contributed by atoms with E-state index in [4.69, 9.17) is 4.74 Å². The maximum atomic E-state index is 12.7. The summed E-state index contributed by atoms with van der Waals surface area (Å²) in [6.45, 7) is 2.21. The fraction of sp³-hybridized carbons (Fsp3) is 0.562. The van der Waals surface area contributed by atoms with Crippen LogP contribution in [0.2, 0.25) is 0 Å². The second kappa shape index (κ2) is 9.64. The summed E-state index contributed by atoms with van der Waals surface area (Å²) in [6.07, 6.45) is 3.59. The quantitative estimate of drug-likeness (QED) is 0.781. The van der Waals surface area contributed by atoms with Crippen molar-refractivity contribution in [3.8, 4) is 5.75 Å². The number of nitrogens with zero attached hydrogens (tertiary/aromatic N) is 1. The first-order valence-electron chi connectivity index (χ1n) is 7.51. The topological polar surface area (TPSA) is 41.6 Å². The zero-order valence-electron chi connectivity index (χ0n) is 12.9. The molecule has 1 aliphatic heterocycles. The van der Waals surface area contributed by atoms with Gasteiger partial charge >= 0.3 is 0 Å². The molecule has 22 heavy (non-hydrogen) atoms. The van der Waals surface area contributed by atoms with Crippen LogP contribution in [0.5, 0.6) is 5.75 Å². The molecule has 1 unspecified atom stereocenters. The van der Waals surface area contributed by atoms with Crippen molar-refractivity contribution < 1.29 is 13.9 Å². The zero-order valence-corrected chi connectivity index (χ0v) is 13.7. The summed E-state index contributed by atoms with van der Waals surface area (Å²) < 4.78 is 18.2. The van der Waals surface area contributed by atoms with E-state index in [1.807, 2.05) is 7.05 Å². The minimum atomic E-state index is -0.270. The molecule has 1 aromatic rings. The van der Waals surface area contributed by atoms with Gasteiger partial charge in [0.1, 0.15) is 11.6 Å². The lowest BCUT2D eigenvalue weighted by molar-refractivity contribution is -0.130. The smallest absolute Gasteiger partial charge is 0.223 e. The van der Waals surface area contributed by atoms with Gasteiger partial charge in [-0.05, 0) is 50.1 Å². The Morgan fingerprint density at radius 2 is 2.14 bits per heavy atom. The Hall–Kier alpha value is -1.33. The molecule has 6 heteroatoms. The summed E-state index contributed by atoms with van der Waals surface area (Å²) in [5, 5.41) is 3.33. The van der Waals surface area contributed by atoms with Crippen molar-refractivity contribution in [3.05, 3.63) is 30.1 Å². The van der Waals surface area contributed by atoms with Crippen molar-refractivity contribution in [2.24, 2.45) is 0 Å². The Morgan fingerprint density at radius 1 is 1.41 bits per heavy atom. The fourth-order valence-corrected chi connectivity index (χ4v) is 2.44. The van der Waals surface area contributed by atoms with E-state index in [9.17, 15) is 9.18 Å². The van der Waals surface area contributed by atoms with E-state index in [1.165, 1.54) is 12.1 Å². The van der Waals surface area contributed by atoms with Gasteiger partial charge in [0.2, 0.25) is 5.91 Å². The van der Waals surface area contributed by atoms with Gasteiger partial charge in [0.15, 0.2) is 0 Å². The molecular formula is C16H24ClFN2O2. The molecule has 4 nitrogen and oxygen atoms in total. The second-order valence-corrected chi connectivity index (χ2v) is 5.47. The van der Waals surface area contributed by atoms with Gasteiger partial charge in [-0.3, -0.25) is 4.79 Å². The van der Waals surface area contributed by atoms with E-state index < -0.39 is 0 Å². The zero-order chi connectivity index (χ0) is 15.1. The van der Waals surface area contributed by atoms with Crippen LogP contribution in [0.3, 0.4) is 0 Å². The standard InChI is InChI=1S/C16H23FN2O2.ClH/c1-19(16(20)12-14-4-2-9-18-14)10-3-11-21-15-7-5-13(17)6-8-15;/h5-8,14,18H,2-4,9-12H2,1H3;1H. The fourth-order valence-electron chi connectivity index (χ4n) is 2.44. The average molecular weight is 331 g/mol. The van der Waals surface area contributed by atoms with Gasteiger partial charge in [0, 0.05) is 26.1 Å². The van der Waals surface area contributed by atoms with E-state index in [0.29, 0.717) is 31.4 Å². The van der Waals surface area contributed by atoms with Crippen LogP contribution in [0.15, 0.2) is 24.3 Å². The Morgan fingerprint density at radius 3 is 2.77 bits per heavy atom. The minimum absolute atomic E-state index is 0. The number of benzene rings is 1. The van der Waals surface area contributed by atoms with Crippen molar-refractivity contribution in [3.63, 3.8) is 0 Å². The minimum Gasteiger partial charge on any atom is -0.494 e. The van der Waals surface area contributed by atoms with Gasteiger partial charge < -0.3 is 15.0 Å². The lowest BCUT2D eigenvalue weighted by atomic mass is 10.1.